The lowest BCUT2D eigenvalue weighted by atomic mass is 10.2. The Bertz CT molecular complexity index is 213. The van der Waals surface area contributed by atoms with Gasteiger partial charge in [-0.05, 0) is 5.92 Å². The van der Waals surface area contributed by atoms with Gasteiger partial charge in [-0.25, -0.2) is 4.98 Å². The van der Waals surface area contributed by atoms with E-state index in [0.717, 1.165) is 13.0 Å². The molecule has 1 heterocycles. The van der Waals surface area contributed by atoms with E-state index in [2.05, 4.69) is 36.5 Å². The maximum atomic E-state index is 4.25. The highest BCUT2D eigenvalue weighted by molar-refractivity contribution is 4.91. The molecule has 0 atom stereocenters. The molecule has 0 fully saturated rings. The molecule has 0 saturated carbocycles. The fourth-order valence-corrected chi connectivity index (χ4v) is 1.21. The second kappa shape index (κ2) is 4.96. The van der Waals surface area contributed by atoms with Gasteiger partial charge in [-0.1, -0.05) is 28.2 Å². The van der Waals surface area contributed by atoms with Crippen LogP contribution in [0.15, 0.2) is 12.4 Å². The smallest absolute Gasteiger partial charge is 0.108 e. The topological polar surface area (TPSA) is 17.8 Å². The molecule has 0 aliphatic carbocycles. The molecule has 0 unspecified atom stereocenters. The van der Waals surface area contributed by atoms with Crippen LogP contribution >= 0.6 is 0 Å². The lowest BCUT2D eigenvalue weighted by Crippen LogP contribution is -2.06. The standard InChI is InChI=1S/C9H16N2.CH4/c1-4-9-10-5-6-11(9)7-8(2)3;/h5-6,8H,4,7H2,1-3H3;1H4. The second-order valence-electron chi connectivity index (χ2n) is 3.24. The number of hydrogen-bond donors (Lipinski definition) is 0. The van der Waals surface area contributed by atoms with Gasteiger partial charge in [-0.2, -0.15) is 0 Å². The van der Waals surface area contributed by atoms with Crippen molar-refractivity contribution in [3.63, 3.8) is 0 Å². The largest absolute Gasteiger partial charge is 0.335 e. The van der Waals surface area contributed by atoms with Crippen molar-refractivity contribution in [3.05, 3.63) is 18.2 Å². The van der Waals surface area contributed by atoms with Crippen molar-refractivity contribution in [3.8, 4) is 0 Å². The Kier molecular flexibility index (Phi) is 4.64. The van der Waals surface area contributed by atoms with Crippen LogP contribution in [0.1, 0.15) is 34.0 Å². The molecule has 0 spiro atoms. The van der Waals surface area contributed by atoms with Gasteiger partial charge in [0.05, 0.1) is 0 Å². The second-order valence-corrected chi connectivity index (χ2v) is 3.24. The van der Waals surface area contributed by atoms with Crippen molar-refractivity contribution in [1.82, 2.24) is 9.55 Å². The Morgan fingerprint density at radius 2 is 2.17 bits per heavy atom. The van der Waals surface area contributed by atoms with E-state index < -0.39 is 0 Å². The van der Waals surface area contributed by atoms with Crippen LogP contribution in [0.25, 0.3) is 0 Å². The van der Waals surface area contributed by atoms with Crippen LogP contribution < -0.4 is 0 Å². The molecule has 0 aliphatic rings. The zero-order valence-corrected chi connectivity index (χ0v) is 7.54. The first kappa shape index (κ1) is 11.2. The monoisotopic (exact) mass is 168 g/mol. The molecule has 1 aromatic heterocycles. The van der Waals surface area contributed by atoms with Gasteiger partial charge in [0, 0.05) is 25.4 Å². The number of aryl methyl sites for hydroxylation is 1. The Balaban J connectivity index is 0.00000121. The molecule has 2 heteroatoms. The fourth-order valence-electron chi connectivity index (χ4n) is 1.21. The summed E-state index contributed by atoms with van der Waals surface area (Å²) < 4.78 is 2.23. The van der Waals surface area contributed by atoms with Gasteiger partial charge in [-0.3, -0.25) is 0 Å². The van der Waals surface area contributed by atoms with Crippen molar-refractivity contribution < 1.29 is 0 Å². The van der Waals surface area contributed by atoms with Gasteiger partial charge in [0.25, 0.3) is 0 Å². The Labute approximate surface area is 75.6 Å². The van der Waals surface area contributed by atoms with Gasteiger partial charge in [0.15, 0.2) is 0 Å². The SMILES string of the molecule is C.CCc1nccn1CC(C)C. The molecule has 1 aromatic rings. The number of hydrogen-bond acceptors (Lipinski definition) is 1. The lowest BCUT2D eigenvalue weighted by Gasteiger charge is -2.08. The predicted molar refractivity (Wildman–Crippen MR) is 53.2 cm³/mol. The highest BCUT2D eigenvalue weighted by Gasteiger charge is 2.00. The van der Waals surface area contributed by atoms with Gasteiger partial charge in [-0.15, -0.1) is 0 Å². The molecule has 1 rings (SSSR count). The molecule has 0 radical (unpaired) electrons. The summed E-state index contributed by atoms with van der Waals surface area (Å²) in [4.78, 5) is 4.25. The van der Waals surface area contributed by atoms with Gasteiger partial charge in [0.2, 0.25) is 0 Å². The molecule has 0 aliphatic heterocycles. The van der Waals surface area contributed by atoms with E-state index in [1.165, 1.54) is 5.82 Å². The Hall–Kier alpha value is -0.790. The predicted octanol–water partition coefficient (Wildman–Crippen LogP) is 2.74. The quantitative estimate of drug-likeness (QED) is 0.678. The van der Waals surface area contributed by atoms with E-state index in [0.29, 0.717) is 5.92 Å². The average Bonchev–Trinajstić information content (AvgIpc) is 2.34. The third kappa shape index (κ3) is 2.68. The molecule has 0 N–H and O–H groups in total. The highest BCUT2D eigenvalue weighted by Crippen LogP contribution is 2.03. The van der Waals surface area contributed by atoms with Crippen LogP contribution in [0.5, 0.6) is 0 Å². The average molecular weight is 168 g/mol. The van der Waals surface area contributed by atoms with E-state index in [1.54, 1.807) is 0 Å². The molecule has 12 heavy (non-hydrogen) atoms. The van der Waals surface area contributed by atoms with E-state index in [4.69, 9.17) is 0 Å². The fraction of sp³-hybridized carbons (Fsp3) is 0.700. The van der Waals surface area contributed by atoms with Gasteiger partial charge in [0.1, 0.15) is 5.82 Å². The lowest BCUT2D eigenvalue weighted by molar-refractivity contribution is 0.508. The number of rotatable bonds is 3. The first-order chi connectivity index (χ1) is 5.24. The molecule has 0 aromatic carbocycles. The summed E-state index contributed by atoms with van der Waals surface area (Å²) in [6.45, 7) is 7.67. The Morgan fingerprint density at radius 3 is 2.67 bits per heavy atom. The molecule has 0 bridgehead atoms. The molecule has 70 valence electrons. The number of aromatic nitrogens is 2. The van der Waals surface area contributed by atoms with Crippen molar-refractivity contribution in [2.24, 2.45) is 5.92 Å². The third-order valence-electron chi connectivity index (χ3n) is 1.68. The minimum Gasteiger partial charge on any atom is -0.335 e. The Morgan fingerprint density at radius 1 is 1.50 bits per heavy atom. The molecular formula is C10H20N2. The van der Waals surface area contributed by atoms with E-state index >= 15 is 0 Å². The normalized spacial score (nSPS) is 10.0. The summed E-state index contributed by atoms with van der Waals surface area (Å²) in [6.07, 6.45) is 4.96. The van der Waals surface area contributed by atoms with Crippen molar-refractivity contribution in [1.29, 1.82) is 0 Å². The van der Waals surface area contributed by atoms with Crippen LogP contribution in [-0.4, -0.2) is 9.55 Å². The highest BCUT2D eigenvalue weighted by atomic mass is 15.1. The summed E-state index contributed by atoms with van der Waals surface area (Å²) in [5.41, 5.74) is 0. The summed E-state index contributed by atoms with van der Waals surface area (Å²) in [5, 5.41) is 0. The number of imidazole rings is 1. The van der Waals surface area contributed by atoms with Crippen molar-refractivity contribution in [2.75, 3.05) is 0 Å². The van der Waals surface area contributed by atoms with Crippen molar-refractivity contribution in [2.45, 2.75) is 41.2 Å². The zero-order valence-electron chi connectivity index (χ0n) is 7.54. The molecule has 0 amide bonds. The third-order valence-corrected chi connectivity index (χ3v) is 1.68. The number of nitrogens with zero attached hydrogens (tertiary/aromatic N) is 2. The van der Waals surface area contributed by atoms with Crippen molar-refractivity contribution >= 4 is 0 Å². The minimum atomic E-state index is 0. The van der Waals surface area contributed by atoms with E-state index in [-0.39, 0.29) is 7.43 Å². The minimum absolute atomic E-state index is 0. The summed E-state index contributed by atoms with van der Waals surface area (Å²) in [5.74, 6) is 1.90. The van der Waals surface area contributed by atoms with Gasteiger partial charge >= 0.3 is 0 Å². The summed E-state index contributed by atoms with van der Waals surface area (Å²) >= 11 is 0. The zero-order chi connectivity index (χ0) is 8.27. The van der Waals surface area contributed by atoms with Crippen LogP contribution in [0.2, 0.25) is 0 Å². The van der Waals surface area contributed by atoms with E-state index in [9.17, 15) is 0 Å². The van der Waals surface area contributed by atoms with Crippen LogP contribution in [0.3, 0.4) is 0 Å². The van der Waals surface area contributed by atoms with Gasteiger partial charge < -0.3 is 4.57 Å². The summed E-state index contributed by atoms with van der Waals surface area (Å²) in [6, 6.07) is 0. The molecular weight excluding hydrogens is 148 g/mol. The van der Waals surface area contributed by atoms with Crippen LogP contribution in [0.4, 0.5) is 0 Å². The van der Waals surface area contributed by atoms with E-state index in [1.807, 2.05) is 6.20 Å². The summed E-state index contributed by atoms with van der Waals surface area (Å²) in [7, 11) is 0. The van der Waals surface area contributed by atoms with Crippen LogP contribution in [0, 0.1) is 5.92 Å². The maximum Gasteiger partial charge on any atom is 0.108 e. The first-order valence-electron chi connectivity index (χ1n) is 4.24. The molecule has 0 saturated heterocycles. The van der Waals surface area contributed by atoms with Crippen LogP contribution in [-0.2, 0) is 13.0 Å². The first-order valence-corrected chi connectivity index (χ1v) is 4.24. The molecule has 2 nitrogen and oxygen atoms in total. The maximum absolute atomic E-state index is 4.25.